The van der Waals surface area contributed by atoms with Gasteiger partial charge in [0.25, 0.3) is 0 Å². The van der Waals surface area contributed by atoms with Crippen molar-refractivity contribution in [2.24, 2.45) is 0 Å². The van der Waals surface area contributed by atoms with Gasteiger partial charge in [0.1, 0.15) is 5.60 Å². The Hall–Kier alpha value is -0.600. The fraction of sp³-hybridized carbons (Fsp3) is 0.733. The van der Waals surface area contributed by atoms with Crippen LogP contribution in [-0.2, 0) is 0 Å². The SMILES string of the molecule is CC=C(C)C(O)(CCN1CCCC1)C(C)=CC. The van der Waals surface area contributed by atoms with Gasteiger partial charge in [0.05, 0.1) is 0 Å². The lowest BCUT2D eigenvalue weighted by Gasteiger charge is -2.32. The zero-order chi connectivity index (χ0) is 12.9. The number of hydrogen-bond donors (Lipinski definition) is 1. The molecule has 0 aromatic rings. The smallest absolute Gasteiger partial charge is 0.107 e. The van der Waals surface area contributed by atoms with E-state index in [2.05, 4.69) is 4.90 Å². The predicted molar refractivity (Wildman–Crippen MR) is 74.1 cm³/mol. The van der Waals surface area contributed by atoms with Crippen molar-refractivity contribution in [1.29, 1.82) is 0 Å². The van der Waals surface area contributed by atoms with Crippen LogP contribution in [0.15, 0.2) is 23.3 Å². The van der Waals surface area contributed by atoms with Crippen molar-refractivity contribution in [3.05, 3.63) is 23.3 Å². The maximum atomic E-state index is 10.8. The van der Waals surface area contributed by atoms with Gasteiger partial charge in [-0.25, -0.2) is 0 Å². The first-order valence-corrected chi connectivity index (χ1v) is 6.76. The van der Waals surface area contributed by atoms with Gasteiger partial charge >= 0.3 is 0 Å². The third-order valence-electron chi connectivity index (χ3n) is 4.16. The van der Waals surface area contributed by atoms with E-state index in [0.717, 1.165) is 24.1 Å². The molecule has 0 aliphatic carbocycles. The number of nitrogens with zero attached hydrogens (tertiary/aromatic N) is 1. The Kier molecular flexibility index (Phi) is 5.41. The number of rotatable bonds is 5. The van der Waals surface area contributed by atoms with Crippen molar-refractivity contribution in [2.75, 3.05) is 19.6 Å². The van der Waals surface area contributed by atoms with E-state index >= 15 is 0 Å². The largest absolute Gasteiger partial charge is 0.381 e. The molecule has 0 aromatic heterocycles. The first-order valence-electron chi connectivity index (χ1n) is 6.76. The Bertz CT molecular complexity index is 280. The molecule has 1 N–H and O–H groups in total. The molecule has 1 aliphatic rings. The molecule has 0 radical (unpaired) electrons. The van der Waals surface area contributed by atoms with Crippen LogP contribution in [0.1, 0.15) is 47.0 Å². The Morgan fingerprint density at radius 3 is 2.00 bits per heavy atom. The average Bonchev–Trinajstić information content (AvgIpc) is 2.86. The molecule has 2 heteroatoms. The van der Waals surface area contributed by atoms with Crippen molar-refractivity contribution >= 4 is 0 Å². The van der Waals surface area contributed by atoms with Gasteiger partial charge in [-0.05, 0) is 71.2 Å². The van der Waals surface area contributed by atoms with E-state index < -0.39 is 5.60 Å². The van der Waals surface area contributed by atoms with Gasteiger partial charge in [-0.2, -0.15) is 0 Å². The third-order valence-corrected chi connectivity index (χ3v) is 4.16. The van der Waals surface area contributed by atoms with Crippen LogP contribution >= 0.6 is 0 Å². The molecule has 98 valence electrons. The summed E-state index contributed by atoms with van der Waals surface area (Å²) >= 11 is 0. The van der Waals surface area contributed by atoms with Gasteiger partial charge < -0.3 is 10.0 Å². The highest BCUT2D eigenvalue weighted by atomic mass is 16.3. The van der Waals surface area contributed by atoms with Crippen LogP contribution < -0.4 is 0 Å². The number of likely N-dealkylation sites (tertiary alicyclic amines) is 1. The highest BCUT2D eigenvalue weighted by Crippen LogP contribution is 2.29. The van der Waals surface area contributed by atoms with E-state index in [4.69, 9.17) is 0 Å². The summed E-state index contributed by atoms with van der Waals surface area (Å²) in [5, 5.41) is 10.8. The summed E-state index contributed by atoms with van der Waals surface area (Å²) in [4.78, 5) is 2.46. The number of aliphatic hydroxyl groups is 1. The molecule has 1 heterocycles. The Morgan fingerprint density at radius 1 is 1.12 bits per heavy atom. The van der Waals surface area contributed by atoms with Crippen molar-refractivity contribution < 1.29 is 5.11 Å². The molecule has 1 saturated heterocycles. The van der Waals surface area contributed by atoms with E-state index in [1.165, 1.54) is 25.9 Å². The zero-order valence-corrected chi connectivity index (χ0v) is 11.8. The second kappa shape index (κ2) is 6.36. The lowest BCUT2D eigenvalue weighted by molar-refractivity contribution is 0.0936. The van der Waals surface area contributed by atoms with Gasteiger partial charge in [0.15, 0.2) is 0 Å². The van der Waals surface area contributed by atoms with E-state index in [1.54, 1.807) is 0 Å². The molecule has 1 fully saturated rings. The minimum atomic E-state index is -0.744. The molecule has 0 atom stereocenters. The summed E-state index contributed by atoms with van der Waals surface area (Å²) in [5.74, 6) is 0. The summed E-state index contributed by atoms with van der Waals surface area (Å²) in [6.07, 6.45) is 7.47. The first-order chi connectivity index (χ1) is 8.04. The maximum absolute atomic E-state index is 10.8. The molecule has 0 unspecified atom stereocenters. The molecule has 2 nitrogen and oxygen atoms in total. The summed E-state index contributed by atoms with van der Waals surface area (Å²) < 4.78 is 0. The van der Waals surface area contributed by atoms with E-state index in [-0.39, 0.29) is 0 Å². The van der Waals surface area contributed by atoms with Crippen molar-refractivity contribution in [1.82, 2.24) is 4.90 Å². The van der Waals surface area contributed by atoms with Crippen LogP contribution in [0.3, 0.4) is 0 Å². The molecule has 0 aromatic carbocycles. The lowest BCUT2D eigenvalue weighted by atomic mass is 9.84. The zero-order valence-electron chi connectivity index (χ0n) is 11.8. The summed E-state index contributed by atoms with van der Waals surface area (Å²) in [6, 6.07) is 0. The molecule has 1 aliphatic heterocycles. The molecule has 1 rings (SSSR count). The highest BCUT2D eigenvalue weighted by molar-refractivity contribution is 5.29. The fourth-order valence-corrected chi connectivity index (χ4v) is 2.51. The molecule has 0 saturated carbocycles. The Balaban J connectivity index is 2.70. The average molecular weight is 237 g/mol. The third kappa shape index (κ3) is 3.43. The van der Waals surface area contributed by atoms with E-state index in [1.807, 2.05) is 39.8 Å². The van der Waals surface area contributed by atoms with Crippen molar-refractivity contribution in [3.8, 4) is 0 Å². The van der Waals surface area contributed by atoms with Crippen molar-refractivity contribution in [2.45, 2.75) is 52.6 Å². The fourth-order valence-electron chi connectivity index (χ4n) is 2.51. The Morgan fingerprint density at radius 2 is 1.59 bits per heavy atom. The normalized spacial score (nSPS) is 22.9. The van der Waals surface area contributed by atoms with Crippen molar-refractivity contribution in [3.63, 3.8) is 0 Å². The molecular weight excluding hydrogens is 210 g/mol. The quantitative estimate of drug-likeness (QED) is 0.743. The van der Waals surface area contributed by atoms with Crippen LogP contribution in [0.5, 0.6) is 0 Å². The second-order valence-corrected chi connectivity index (χ2v) is 5.10. The lowest BCUT2D eigenvalue weighted by Crippen LogP contribution is -2.36. The van der Waals surface area contributed by atoms with Gasteiger partial charge in [0, 0.05) is 6.54 Å². The van der Waals surface area contributed by atoms with Crippen LogP contribution in [0.25, 0.3) is 0 Å². The Labute approximate surface area is 106 Å². The minimum Gasteiger partial charge on any atom is -0.381 e. The second-order valence-electron chi connectivity index (χ2n) is 5.10. The molecule has 17 heavy (non-hydrogen) atoms. The predicted octanol–water partition coefficient (Wildman–Crippen LogP) is 3.14. The summed E-state index contributed by atoms with van der Waals surface area (Å²) in [6.45, 7) is 11.4. The van der Waals surface area contributed by atoms with Gasteiger partial charge in [-0.3, -0.25) is 0 Å². The molecule has 0 amide bonds. The topological polar surface area (TPSA) is 23.5 Å². The van der Waals surface area contributed by atoms with E-state index in [9.17, 15) is 5.11 Å². The highest BCUT2D eigenvalue weighted by Gasteiger charge is 2.30. The molecule has 0 spiro atoms. The monoisotopic (exact) mass is 237 g/mol. The number of allylic oxidation sites excluding steroid dienone is 2. The number of hydrogen-bond acceptors (Lipinski definition) is 2. The molecular formula is C15H27NO. The van der Waals surface area contributed by atoms with Crippen LogP contribution in [0.2, 0.25) is 0 Å². The summed E-state index contributed by atoms with van der Waals surface area (Å²) in [7, 11) is 0. The van der Waals surface area contributed by atoms with Gasteiger partial charge in [0.2, 0.25) is 0 Å². The van der Waals surface area contributed by atoms with Crippen LogP contribution in [0, 0.1) is 0 Å². The summed E-state index contributed by atoms with van der Waals surface area (Å²) in [5.41, 5.74) is 1.38. The molecule has 0 bridgehead atoms. The maximum Gasteiger partial charge on any atom is 0.107 e. The minimum absolute atomic E-state index is 0.744. The van der Waals surface area contributed by atoms with Gasteiger partial charge in [-0.1, -0.05) is 12.2 Å². The standard InChI is InChI=1S/C15H27NO/c1-5-13(3)15(17,14(4)6-2)9-12-16-10-7-8-11-16/h5-6,17H,7-12H2,1-4H3. The van der Waals surface area contributed by atoms with Crippen LogP contribution in [0.4, 0.5) is 0 Å². The van der Waals surface area contributed by atoms with Crippen LogP contribution in [-0.4, -0.2) is 35.2 Å². The van der Waals surface area contributed by atoms with E-state index in [0.29, 0.717) is 0 Å². The van der Waals surface area contributed by atoms with Gasteiger partial charge in [-0.15, -0.1) is 0 Å². The first kappa shape index (κ1) is 14.5.